The molecular weight excluding hydrogens is 340 g/mol. The Labute approximate surface area is 158 Å². The first-order valence-electron chi connectivity index (χ1n) is 9.00. The zero-order valence-corrected chi connectivity index (χ0v) is 15.4. The third-order valence-corrected chi connectivity index (χ3v) is 4.40. The maximum absolute atomic E-state index is 5.42. The Morgan fingerprint density at radius 3 is 2.78 bits per heavy atom. The Hall–Kier alpha value is -3.28. The molecule has 0 saturated carbocycles. The molecule has 2 N–H and O–H groups in total. The number of fused-ring (bicyclic) bond motifs is 1. The molecule has 2 aromatic carbocycles. The zero-order chi connectivity index (χ0) is 18.6. The second-order valence-electron chi connectivity index (χ2n) is 6.67. The highest BCUT2D eigenvalue weighted by Gasteiger charge is 2.13. The zero-order valence-electron chi connectivity index (χ0n) is 15.4. The van der Waals surface area contributed by atoms with Gasteiger partial charge in [-0.1, -0.05) is 38.1 Å². The van der Waals surface area contributed by atoms with E-state index in [1.807, 2.05) is 42.5 Å². The molecule has 1 aliphatic rings. The lowest BCUT2D eigenvalue weighted by Gasteiger charge is -2.14. The molecule has 1 aromatic heterocycles. The van der Waals surface area contributed by atoms with E-state index in [0.29, 0.717) is 18.4 Å². The first-order chi connectivity index (χ1) is 13.2. The number of benzene rings is 2. The molecule has 0 radical (unpaired) electrons. The molecule has 0 amide bonds. The van der Waals surface area contributed by atoms with E-state index in [0.717, 1.165) is 28.6 Å². The van der Waals surface area contributed by atoms with Crippen LogP contribution in [0.5, 0.6) is 11.5 Å². The van der Waals surface area contributed by atoms with Crippen molar-refractivity contribution in [1.29, 1.82) is 0 Å². The molecule has 0 atom stereocenters. The molecule has 0 saturated heterocycles. The second kappa shape index (κ2) is 7.53. The van der Waals surface area contributed by atoms with Crippen molar-refractivity contribution in [2.24, 2.45) is 0 Å². The lowest BCUT2D eigenvalue weighted by Crippen LogP contribution is -2.05. The summed E-state index contributed by atoms with van der Waals surface area (Å²) in [6.45, 7) is 5.26. The van der Waals surface area contributed by atoms with E-state index in [-0.39, 0.29) is 6.79 Å². The molecule has 6 heteroatoms. The Morgan fingerprint density at radius 2 is 1.89 bits per heavy atom. The molecule has 3 aromatic rings. The lowest BCUT2D eigenvalue weighted by atomic mass is 10.0. The maximum Gasteiger partial charge on any atom is 0.231 e. The molecule has 0 unspecified atom stereocenters. The largest absolute Gasteiger partial charge is 0.454 e. The standard InChI is InChI=1S/C21H22N4O2/c1-14(2)16-5-3-4-6-17(16)24-21-22-10-9-20(25-21)23-12-15-7-8-18-19(11-15)27-13-26-18/h3-11,14H,12-13H2,1-2H3,(H2,22,23,24,25). The van der Waals surface area contributed by atoms with Gasteiger partial charge in [0, 0.05) is 18.4 Å². The average molecular weight is 362 g/mol. The number of aromatic nitrogens is 2. The van der Waals surface area contributed by atoms with Crippen LogP contribution in [0, 0.1) is 0 Å². The summed E-state index contributed by atoms with van der Waals surface area (Å²) >= 11 is 0. The summed E-state index contributed by atoms with van der Waals surface area (Å²) < 4.78 is 10.8. The van der Waals surface area contributed by atoms with Gasteiger partial charge in [-0.05, 0) is 41.3 Å². The molecule has 0 bridgehead atoms. The van der Waals surface area contributed by atoms with Crippen LogP contribution in [0.4, 0.5) is 17.5 Å². The Morgan fingerprint density at radius 1 is 1.04 bits per heavy atom. The van der Waals surface area contributed by atoms with Gasteiger partial charge in [0.2, 0.25) is 12.7 Å². The van der Waals surface area contributed by atoms with Gasteiger partial charge < -0.3 is 20.1 Å². The normalized spacial score (nSPS) is 12.3. The monoisotopic (exact) mass is 362 g/mol. The van der Waals surface area contributed by atoms with Crippen molar-refractivity contribution in [1.82, 2.24) is 9.97 Å². The van der Waals surface area contributed by atoms with Crippen molar-refractivity contribution in [3.05, 3.63) is 65.9 Å². The van der Waals surface area contributed by atoms with Gasteiger partial charge >= 0.3 is 0 Å². The van der Waals surface area contributed by atoms with E-state index in [1.165, 1.54) is 5.56 Å². The Balaban J connectivity index is 1.45. The van der Waals surface area contributed by atoms with Gasteiger partial charge in [-0.2, -0.15) is 4.98 Å². The summed E-state index contributed by atoms with van der Waals surface area (Å²) in [7, 11) is 0. The van der Waals surface area contributed by atoms with Crippen LogP contribution in [-0.4, -0.2) is 16.8 Å². The number of nitrogens with one attached hydrogen (secondary N) is 2. The second-order valence-corrected chi connectivity index (χ2v) is 6.67. The van der Waals surface area contributed by atoms with Crippen molar-refractivity contribution in [3.63, 3.8) is 0 Å². The fraction of sp³-hybridized carbons (Fsp3) is 0.238. The van der Waals surface area contributed by atoms with Gasteiger partial charge in [-0.3, -0.25) is 0 Å². The van der Waals surface area contributed by atoms with Gasteiger partial charge in [-0.25, -0.2) is 4.98 Å². The van der Waals surface area contributed by atoms with E-state index in [2.05, 4.69) is 40.5 Å². The lowest BCUT2D eigenvalue weighted by molar-refractivity contribution is 0.174. The molecule has 138 valence electrons. The molecule has 0 spiro atoms. The quantitative estimate of drug-likeness (QED) is 0.663. The van der Waals surface area contributed by atoms with E-state index in [1.54, 1.807) is 6.20 Å². The predicted molar refractivity (Wildman–Crippen MR) is 106 cm³/mol. The summed E-state index contributed by atoms with van der Waals surface area (Å²) in [6.07, 6.45) is 1.75. The van der Waals surface area contributed by atoms with Crippen LogP contribution in [0.2, 0.25) is 0 Å². The fourth-order valence-electron chi connectivity index (χ4n) is 3.00. The topological polar surface area (TPSA) is 68.3 Å². The number of para-hydroxylation sites is 1. The minimum Gasteiger partial charge on any atom is -0.454 e. The highest BCUT2D eigenvalue weighted by atomic mass is 16.7. The van der Waals surface area contributed by atoms with Crippen LogP contribution in [0.25, 0.3) is 0 Å². The van der Waals surface area contributed by atoms with Crippen LogP contribution in [-0.2, 0) is 6.54 Å². The Bertz CT molecular complexity index is 943. The number of rotatable bonds is 6. The SMILES string of the molecule is CC(C)c1ccccc1Nc1nccc(NCc2ccc3c(c2)OCO3)n1. The third kappa shape index (κ3) is 3.95. The summed E-state index contributed by atoms with van der Waals surface area (Å²) in [5.41, 5.74) is 3.36. The van der Waals surface area contributed by atoms with Gasteiger partial charge in [0.15, 0.2) is 11.5 Å². The minimum absolute atomic E-state index is 0.283. The van der Waals surface area contributed by atoms with Gasteiger partial charge in [-0.15, -0.1) is 0 Å². The minimum atomic E-state index is 0.283. The molecule has 0 fully saturated rings. The van der Waals surface area contributed by atoms with E-state index in [9.17, 15) is 0 Å². The predicted octanol–water partition coefficient (Wildman–Crippen LogP) is 4.68. The molecule has 1 aliphatic heterocycles. The van der Waals surface area contributed by atoms with Crippen molar-refractivity contribution < 1.29 is 9.47 Å². The molecule has 0 aliphatic carbocycles. The average Bonchev–Trinajstić information content (AvgIpc) is 3.15. The first-order valence-corrected chi connectivity index (χ1v) is 9.00. The van der Waals surface area contributed by atoms with Gasteiger partial charge in [0.25, 0.3) is 0 Å². The van der Waals surface area contributed by atoms with E-state index < -0.39 is 0 Å². The summed E-state index contributed by atoms with van der Waals surface area (Å²) in [5, 5.41) is 6.66. The number of hydrogen-bond donors (Lipinski definition) is 2. The smallest absolute Gasteiger partial charge is 0.231 e. The molecule has 27 heavy (non-hydrogen) atoms. The van der Waals surface area contributed by atoms with Crippen LogP contribution in [0.1, 0.15) is 30.9 Å². The summed E-state index contributed by atoms with van der Waals surface area (Å²) in [5.74, 6) is 3.31. The summed E-state index contributed by atoms with van der Waals surface area (Å²) in [4.78, 5) is 8.91. The summed E-state index contributed by atoms with van der Waals surface area (Å²) in [6, 6.07) is 16.0. The number of nitrogens with zero attached hydrogens (tertiary/aromatic N) is 2. The van der Waals surface area contributed by atoms with Gasteiger partial charge in [0.05, 0.1) is 0 Å². The first kappa shape index (κ1) is 17.1. The van der Waals surface area contributed by atoms with Crippen molar-refractivity contribution in [3.8, 4) is 11.5 Å². The van der Waals surface area contributed by atoms with E-state index in [4.69, 9.17) is 9.47 Å². The molecule has 4 rings (SSSR count). The van der Waals surface area contributed by atoms with Crippen LogP contribution in [0.15, 0.2) is 54.7 Å². The van der Waals surface area contributed by atoms with Crippen LogP contribution >= 0.6 is 0 Å². The van der Waals surface area contributed by atoms with E-state index >= 15 is 0 Å². The number of hydrogen-bond acceptors (Lipinski definition) is 6. The Kier molecular flexibility index (Phi) is 4.78. The third-order valence-electron chi connectivity index (χ3n) is 4.40. The molecular formula is C21H22N4O2. The van der Waals surface area contributed by atoms with Crippen LogP contribution in [0.3, 0.4) is 0 Å². The van der Waals surface area contributed by atoms with Crippen LogP contribution < -0.4 is 20.1 Å². The number of anilines is 3. The van der Waals surface area contributed by atoms with Crippen molar-refractivity contribution >= 4 is 17.5 Å². The van der Waals surface area contributed by atoms with Crippen molar-refractivity contribution in [2.75, 3.05) is 17.4 Å². The highest BCUT2D eigenvalue weighted by molar-refractivity contribution is 5.60. The van der Waals surface area contributed by atoms with Gasteiger partial charge in [0.1, 0.15) is 5.82 Å². The maximum atomic E-state index is 5.42. The molecule has 6 nitrogen and oxygen atoms in total. The van der Waals surface area contributed by atoms with Crippen molar-refractivity contribution in [2.45, 2.75) is 26.3 Å². The highest BCUT2D eigenvalue weighted by Crippen LogP contribution is 2.32. The fourth-order valence-corrected chi connectivity index (χ4v) is 3.00. The number of ether oxygens (including phenoxy) is 2. The molecule has 2 heterocycles.